The lowest BCUT2D eigenvalue weighted by Gasteiger charge is -2.30. The lowest BCUT2D eigenvalue weighted by atomic mass is 9.98. The topological polar surface area (TPSA) is 78.5 Å². The van der Waals surface area contributed by atoms with E-state index in [9.17, 15) is 13.2 Å². The first-order valence-electron chi connectivity index (χ1n) is 7.43. The molecule has 0 radical (unpaired) electrons. The Hall–Kier alpha value is -0.730. The molecule has 2 rings (SSSR count). The molecule has 0 spiro atoms. The number of hydrazine groups is 1. The van der Waals surface area contributed by atoms with Crippen LogP contribution < -0.4 is 10.9 Å². The second-order valence-electron chi connectivity index (χ2n) is 5.43. The number of halogens is 3. The van der Waals surface area contributed by atoms with Gasteiger partial charge in [0, 0.05) is 24.0 Å². The van der Waals surface area contributed by atoms with Crippen LogP contribution in [0.2, 0.25) is 15.1 Å². The minimum atomic E-state index is -3.20. The lowest BCUT2D eigenvalue weighted by molar-refractivity contribution is -0.125. The normalized spacial score (nSPS) is 16.8. The van der Waals surface area contributed by atoms with E-state index in [1.165, 1.54) is 16.4 Å². The zero-order chi connectivity index (χ0) is 17.9. The van der Waals surface area contributed by atoms with Crippen LogP contribution >= 0.6 is 34.8 Å². The summed E-state index contributed by atoms with van der Waals surface area (Å²) >= 11 is 17.9. The molecule has 1 aromatic rings. The van der Waals surface area contributed by atoms with Crippen molar-refractivity contribution >= 4 is 56.4 Å². The van der Waals surface area contributed by atoms with Crippen LogP contribution in [-0.4, -0.2) is 37.5 Å². The number of nitrogens with zero attached hydrogens (tertiary/aromatic N) is 1. The summed E-state index contributed by atoms with van der Waals surface area (Å²) in [5.74, 6) is -0.435. The van der Waals surface area contributed by atoms with Gasteiger partial charge in [-0.1, -0.05) is 34.8 Å². The Morgan fingerprint density at radius 3 is 2.25 bits per heavy atom. The Morgan fingerprint density at radius 2 is 1.75 bits per heavy atom. The number of carbonyl (C=O) groups excluding carboxylic acids is 1. The van der Waals surface area contributed by atoms with Gasteiger partial charge in [0.2, 0.25) is 15.9 Å². The predicted molar refractivity (Wildman–Crippen MR) is 97.0 cm³/mol. The third-order valence-corrected chi connectivity index (χ3v) is 6.60. The Labute approximate surface area is 156 Å². The molecule has 1 saturated heterocycles. The largest absolute Gasteiger partial charge is 0.296 e. The van der Waals surface area contributed by atoms with Gasteiger partial charge in [0.15, 0.2) is 0 Å². The van der Waals surface area contributed by atoms with Crippen molar-refractivity contribution in [2.24, 2.45) is 5.92 Å². The maximum absolute atomic E-state index is 12.2. The van der Waals surface area contributed by atoms with Crippen molar-refractivity contribution in [2.75, 3.05) is 24.3 Å². The van der Waals surface area contributed by atoms with Gasteiger partial charge in [0.1, 0.15) is 0 Å². The molecular formula is C14H18Cl3N3O3S. The molecule has 1 heterocycles. The zero-order valence-electron chi connectivity index (χ0n) is 13.0. The van der Waals surface area contributed by atoms with Crippen LogP contribution in [0.1, 0.15) is 19.8 Å². The van der Waals surface area contributed by atoms with Gasteiger partial charge in [-0.3, -0.25) is 15.6 Å². The molecular weight excluding hydrogens is 397 g/mol. The van der Waals surface area contributed by atoms with Crippen molar-refractivity contribution in [3.63, 3.8) is 0 Å². The number of benzene rings is 1. The summed E-state index contributed by atoms with van der Waals surface area (Å²) in [5.41, 5.74) is 5.64. The molecule has 0 saturated carbocycles. The number of hydrogen-bond donors (Lipinski definition) is 2. The first kappa shape index (κ1) is 19.6. The van der Waals surface area contributed by atoms with E-state index < -0.39 is 10.0 Å². The molecule has 1 amide bonds. The summed E-state index contributed by atoms with van der Waals surface area (Å²) in [6, 6.07) is 3.02. The molecule has 1 aliphatic rings. The van der Waals surface area contributed by atoms with E-state index in [0.29, 0.717) is 36.6 Å². The standard InChI is InChI=1S/C14H18Cl3N3O3S/c1-2-24(22,23)20-5-3-9(4-6-20)14(21)19-18-13-11(16)7-10(15)8-12(13)17/h7-9,18H,2-6H2,1H3,(H,19,21). The Morgan fingerprint density at radius 1 is 1.21 bits per heavy atom. The van der Waals surface area contributed by atoms with E-state index in [1.807, 2.05) is 0 Å². The van der Waals surface area contributed by atoms with Crippen LogP contribution in [0, 0.1) is 5.92 Å². The van der Waals surface area contributed by atoms with Gasteiger partial charge in [-0.2, -0.15) is 0 Å². The van der Waals surface area contributed by atoms with Crippen molar-refractivity contribution in [1.29, 1.82) is 0 Å². The molecule has 0 unspecified atom stereocenters. The first-order valence-corrected chi connectivity index (χ1v) is 10.2. The highest BCUT2D eigenvalue weighted by Crippen LogP contribution is 2.33. The van der Waals surface area contributed by atoms with E-state index in [0.717, 1.165) is 0 Å². The van der Waals surface area contributed by atoms with Gasteiger partial charge in [-0.25, -0.2) is 12.7 Å². The fraction of sp³-hybridized carbons (Fsp3) is 0.500. The molecule has 1 aromatic carbocycles. The van der Waals surface area contributed by atoms with Gasteiger partial charge in [0.05, 0.1) is 21.5 Å². The molecule has 0 aliphatic carbocycles. The van der Waals surface area contributed by atoms with Crippen LogP contribution in [0.5, 0.6) is 0 Å². The molecule has 134 valence electrons. The number of amides is 1. The molecule has 6 nitrogen and oxygen atoms in total. The summed E-state index contributed by atoms with van der Waals surface area (Å²) < 4.78 is 25.1. The number of rotatable bonds is 5. The maximum atomic E-state index is 12.2. The van der Waals surface area contributed by atoms with Crippen molar-refractivity contribution in [3.05, 3.63) is 27.2 Å². The highest BCUT2D eigenvalue weighted by molar-refractivity contribution is 7.89. The van der Waals surface area contributed by atoms with Crippen LogP contribution in [0.25, 0.3) is 0 Å². The lowest BCUT2D eigenvalue weighted by Crippen LogP contribution is -2.44. The van der Waals surface area contributed by atoms with Crippen LogP contribution in [0.15, 0.2) is 12.1 Å². The van der Waals surface area contributed by atoms with Gasteiger partial charge in [0.25, 0.3) is 0 Å². The monoisotopic (exact) mass is 413 g/mol. The molecule has 0 bridgehead atoms. The van der Waals surface area contributed by atoms with Gasteiger partial charge in [-0.15, -0.1) is 0 Å². The zero-order valence-corrected chi connectivity index (χ0v) is 16.1. The number of piperidine rings is 1. The molecule has 2 N–H and O–H groups in total. The number of nitrogens with one attached hydrogen (secondary N) is 2. The minimum absolute atomic E-state index is 0.0684. The number of anilines is 1. The van der Waals surface area contributed by atoms with E-state index in [2.05, 4.69) is 10.9 Å². The smallest absolute Gasteiger partial charge is 0.241 e. The average molecular weight is 415 g/mol. The Bertz CT molecular complexity index is 696. The molecule has 24 heavy (non-hydrogen) atoms. The van der Waals surface area contributed by atoms with Gasteiger partial charge in [-0.05, 0) is 31.9 Å². The predicted octanol–water partition coefficient (Wildman–Crippen LogP) is 3.15. The van der Waals surface area contributed by atoms with E-state index in [-0.39, 0.29) is 27.6 Å². The van der Waals surface area contributed by atoms with Gasteiger partial charge < -0.3 is 0 Å². The van der Waals surface area contributed by atoms with Crippen LogP contribution in [-0.2, 0) is 14.8 Å². The quantitative estimate of drug-likeness (QED) is 0.726. The number of sulfonamides is 1. The van der Waals surface area contributed by atoms with Crippen LogP contribution in [0.3, 0.4) is 0 Å². The molecule has 1 aliphatic heterocycles. The van der Waals surface area contributed by atoms with Crippen molar-refractivity contribution in [3.8, 4) is 0 Å². The summed E-state index contributed by atoms with van der Waals surface area (Å²) in [4.78, 5) is 12.2. The van der Waals surface area contributed by atoms with Crippen molar-refractivity contribution in [2.45, 2.75) is 19.8 Å². The van der Waals surface area contributed by atoms with Crippen LogP contribution in [0.4, 0.5) is 5.69 Å². The van der Waals surface area contributed by atoms with Gasteiger partial charge >= 0.3 is 0 Å². The fourth-order valence-corrected chi connectivity index (χ4v) is 4.51. The fourth-order valence-electron chi connectivity index (χ4n) is 2.47. The van der Waals surface area contributed by atoms with Crippen molar-refractivity contribution in [1.82, 2.24) is 9.73 Å². The SMILES string of the molecule is CCS(=O)(=O)N1CCC(C(=O)NNc2c(Cl)cc(Cl)cc2Cl)CC1. The third kappa shape index (κ3) is 4.67. The molecule has 1 fully saturated rings. The van der Waals surface area contributed by atoms with E-state index >= 15 is 0 Å². The number of hydrogen-bond acceptors (Lipinski definition) is 4. The maximum Gasteiger partial charge on any atom is 0.241 e. The third-order valence-electron chi connectivity index (χ3n) is 3.90. The Kier molecular flexibility index (Phi) is 6.61. The van der Waals surface area contributed by atoms with E-state index in [4.69, 9.17) is 34.8 Å². The highest BCUT2D eigenvalue weighted by Gasteiger charge is 2.30. The second-order valence-corrected chi connectivity index (χ2v) is 8.94. The second kappa shape index (κ2) is 8.10. The Balaban J connectivity index is 1.91. The number of carbonyl (C=O) groups is 1. The van der Waals surface area contributed by atoms with E-state index in [1.54, 1.807) is 6.92 Å². The molecule has 0 atom stereocenters. The summed E-state index contributed by atoms with van der Waals surface area (Å²) in [5, 5.41) is 0.972. The summed E-state index contributed by atoms with van der Waals surface area (Å²) in [6.45, 7) is 2.30. The minimum Gasteiger partial charge on any atom is -0.296 e. The highest BCUT2D eigenvalue weighted by atomic mass is 35.5. The summed E-state index contributed by atoms with van der Waals surface area (Å²) in [7, 11) is -3.20. The summed E-state index contributed by atoms with van der Waals surface area (Å²) in [6.07, 6.45) is 0.934. The first-order chi connectivity index (χ1) is 11.2. The molecule has 0 aromatic heterocycles. The molecule has 10 heteroatoms. The van der Waals surface area contributed by atoms with Crippen molar-refractivity contribution < 1.29 is 13.2 Å². The average Bonchev–Trinajstić information content (AvgIpc) is 2.53.